The summed E-state index contributed by atoms with van der Waals surface area (Å²) in [5.41, 5.74) is 8.71. The predicted octanol–water partition coefficient (Wildman–Crippen LogP) is 4.94. The maximum Gasteiger partial charge on any atom is 0.270 e. The van der Waals surface area contributed by atoms with E-state index < -0.39 is 15.4 Å². The molecule has 0 amide bonds. The van der Waals surface area contributed by atoms with Gasteiger partial charge >= 0.3 is 0 Å². The molecule has 0 aliphatic carbocycles. The van der Waals surface area contributed by atoms with E-state index in [1.165, 1.54) is 9.25 Å². The van der Waals surface area contributed by atoms with Gasteiger partial charge in [-0.3, -0.25) is 9.36 Å². The van der Waals surface area contributed by atoms with Crippen LogP contribution in [0.5, 0.6) is 0 Å². The summed E-state index contributed by atoms with van der Waals surface area (Å²) in [5.74, 6) is 0.729. The molecule has 11 heteroatoms. The van der Waals surface area contributed by atoms with Gasteiger partial charge in [0.1, 0.15) is 17.0 Å². The highest BCUT2D eigenvalue weighted by Crippen LogP contribution is 2.29. The molecular formula is C29H21ClN6O3S. The Morgan fingerprint density at radius 3 is 2.08 bits per heavy atom. The van der Waals surface area contributed by atoms with Gasteiger partial charge < -0.3 is 5.73 Å². The first-order valence-electron chi connectivity index (χ1n) is 12.1. The molecule has 0 spiro atoms. The van der Waals surface area contributed by atoms with Crippen molar-refractivity contribution in [2.75, 3.05) is 12.0 Å². The molecular weight excluding hydrogens is 548 g/mol. The Bertz CT molecular complexity index is 2040. The van der Waals surface area contributed by atoms with Gasteiger partial charge in [0.25, 0.3) is 5.56 Å². The van der Waals surface area contributed by atoms with E-state index in [0.29, 0.717) is 33.6 Å². The van der Waals surface area contributed by atoms with E-state index in [4.69, 9.17) is 22.3 Å². The highest BCUT2D eigenvalue weighted by atomic mass is 35.5. The Hall–Kier alpha value is -4.80. The number of hydrogen-bond donors (Lipinski definition) is 1. The number of hydrogen-bond acceptors (Lipinski definition) is 7. The monoisotopic (exact) mass is 568 g/mol. The molecule has 0 bridgehead atoms. The van der Waals surface area contributed by atoms with E-state index in [9.17, 15) is 13.2 Å². The molecule has 0 atom stereocenters. The van der Waals surface area contributed by atoms with Crippen LogP contribution in [0, 0.1) is 0 Å². The van der Waals surface area contributed by atoms with Gasteiger partial charge in [-0.25, -0.2) is 23.1 Å². The third-order valence-corrected chi connectivity index (χ3v) is 7.61. The molecule has 2 N–H and O–H groups in total. The molecule has 3 aromatic heterocycles. The van der Waals surface area contributed by atoms with Crippen molar-refractivity contribution in [3.8, 4) is 33.9 Å². The van der Waals surface area contributed by atoms with Gasteiger partial charge in [-0.2, -0.15) is 5.10 Å². The summed E-state index contributed by atoms with van der Waals surface area (Å²) in [5, 5.41) is 4.39. The number of halogens is 1. The van der Waals surface area contributed by atoms with Crippen LogP contribution in [-0.2, 0) is 9.84 Å². The highest BCUT2D eigenvalue weighted by Gasteiger charge is 2.27. The third kappa shape index (κ3) is 4.53. The summed E-state index contributed by atoms with van der Waals surface area (Å²) in [4.78, 5) is 23.2. The topological polar surface area (TPSA) is 126 Å². The molecule has 40 heavy (non-hydrogen) atoms. The van der Waals surface area contributed by atoms with Gasteiger partial charge in [-0.1, -0.05) is 54.1 Å². The Morgan fingerprint density at radius 1 is 0.800 bits per heavy atom. The van der Waals surface area contributed by atoms with Crippen molar-refractivity contribution in [2.24, 2.45) is 0 Å². The largest absolute Gasteiger partial charge is 0.384 e. The van der Waals surface area contributed by atoms with Crippen molar-refractivity contribution >= 4 is 38.3 Å². The predicted molar refractivity (Wildman–Crippen MR) is 156 cm³/mol. The van der Waals surface area contributed by atoms with Gasteiger partial charge in [0, 0.05) is 28.6 Å². The average molecular weight is 569 g/mol. The highest BCUT2D eigenvalue weighted by molar-refractivity contribution is 7.90. The number of benzene rings is 3. The third-order valence-electron chi connectivity index (χ3n) is 6.37. The summed E-state index contributed by atoms with van der Waals surface area (Å²) in [6, 6.07) is 26.7. The van der Waals surface area contributed by atoms with E-state index in [2.05, 4.69) is 10.1 Å². The fourth-order valence-corrected chi connectivity index (χ4v) is 5.36. The quantitative estimate of drug-likeness (QED) is 0.312. The zero-order valence-corrected chi connectivity index (χ0v) is 22.6. The van der Waals surface area contributed by atoms with Crippen molar-refractivity contribution in [1.29, 1.82) is 0 Å². The molecule has 9 nitrogen and oxygen atoms in total. The van der Waals surface area contributed by atoms with Gasteiger partial charge in [-0.05, 0) is 54.1 Å². The fourth-order valence-electron chi connectivity index (χ4n) is 4.46. The lowest BCUT2D eigenvalue weighted by atomic mass is 10.0. The summed E-state index contributed by atoms with van der Waals surface area (Å²) < 4.78 is 28.4. The van der Waals surface area contributed by atoms with E-state index in [1.54, 1.807) is 60.8 Å². The zero-order valence-electron chi connectivity index (χ0n) is 21.1. The average Bonchev–Trinajstić information content (AvgIpc) is 3.36. The normalized spacial score (nSPS) is 11.7. The van der Waals surface area contributed by atoms with Crippen LogP contribution in [0.1, 0.15) is 0 Å². The van der Waals surface area contributed by atoms with E-state index in [1.807, 2.05) is 36.4 Å². The molecule has 6 aromatic rings. The molecule has 0 unspecified atom stereocenters. The second-order valence-corrected chi connectivity index (χ2v) is 11.5. The van der Waals surface area contributed by atoms with Crippen molar-refractivity contribution in [2.45, 2.75) is 5.03 Å². The number of rotatable bonds is 5. The number of nitrogens with two attached hydrogens (primary N) is 1. The van der Waals surface area contributed by atoms with Crippen molar-refractivity contribution in [3.63, 3.8) is 0 Å². The van der Waals surface area contributed by atoms with Crippen LogP contribution in [-0.4, -0.2) is 39.0 Å². The van der Waals surface area contributed by atoms with Crippen molar-refractivity contribution in [3.05, 3.63) is 113 Å². The van der Waals surface area contributed by atoms with Crippen LogP contribution in [0.3, 0.4) is 0 Å². The molecule has 0 aliphatic rings. The van der Waals surface area contributed by atoms with Crippen LogP contribution in [0.25, 0.3) is 44.9 Å². The van der Waals surface area contributed by atoms with Crippen LogP contribution in [0.4, 0.5) is 5.82 Å². The maximum absolute atomic E-state index is 14.2. The second-order valence-electron chi connectivity index (χ2n) is 9.12. The second kappa shape index (κ2) is 9.74. The molecule has 0 saturated heterocycles. The number of para-hydroxylation sites is 1. The van der Waals surface area contributed by atoms with Crippen LogP contribution in [0.2, 0.25) is 5.02 Å². The van der Waals surface area contributed by atoms with Gasteiger partial charge in [-0.15, -0.1) is 0 Å². The standard InChI is InChI=1S/C29H21ClN6O3S/c1-40(38,39)28-25-27(36(34-28)23-5-3-2-4-6-23)33-26(35(29(25)37)22-14-12-21(30)13-15-22)19-9-7-18(8-10-19)20-11-16-24(31)32-17-20/h2-17H,1H3,(H2,31,32). The van der Waals surface area contributed by atoms with Gasteiger partial charge in [0.15, 0.2) is 20.5 Å². The molecule has 3 aromatic carbocycles. The molecule has 0 saturated carbocycles. The number of anilines is 1. The molecule has 0 radical (unpaired) electrons. The zero-order chi connectivity index (χ0) is 28.0. The number of nitrogen functional groups attached to an aromatic ring is 1. The van der Waals surface area contributed by atoms with Crippen LogP contribution in [0.15, 0.2) is 107 Å². The lowest BCUT2D eigenvalue weighted by Gasteiger charge is -2.14. The molecule has 0 fully saturated rings. The SMILES string of the molecule is CS(=O)(=O)c1nn(-c2ccccc2)c2nc(-c3ccc(-c4ccc(N)nc4)cc3)n(-c3ccc(Cl)cc3)c(=O)c12. The number of pyridine rings is 1. The fraction of sp³-hybridized carbons (Fsp3) is 0.0345. The smallest absolute Gasteiger partial charge is 0.270 e. The Labute approximate surface area is 234 Å². The first-order valence-corrected chi connectivity index (χ1v) is 14.4. The van der Waals surface area contributed by atoms with Gasteiger partial charge in [0.2, 0.25) is 0 Å². The first kappa shape index (κ1) is 25.5. The summed E-state index contributed by atoms with van der Waals surface area (Å²) in [7, 11) is -3.88. The van der Waals surface area contributed by atoms with Crippen molar-refractivity contribution in [1.82, 2.24) is 24.3 Å². The Balaban J connectivity index is 1.66. The minimum Gasteiger partial charge on any atom is -0.384 e. The summed E-state index contributed by atoms with van der Waals surface area (Å²) in [6.07, 6.45) is 2.71. The number of fused-ring (bicyclic) bond motifs is 1. The maximum atomic E-state index is 14.2. The molecule has 198 valence electrons. The summed E-state index contributed by atoms with van der Waals surface area (Å²) in [6.45, 7) is 0. The molecule has 3 heterocycles. The van der Waals surface area contributed by atoms with Crippen molar-refractivity contribution < 1.29 is 8.42 Å². The lowest BCUT2D eigenvalue weighted by Crippen LogP contribution is -2.23. The van der Waals surface area contributed by atoms with Crippen LogP contribution < -0.4 is 11.3 Å². The molecule has 0 aliphatic heterocycles. The van der Waals surface area contributed by atoms with Gasteiger partial charge in [0.05, 0.1) is 11.4 Å². The number of aromatic nitrogens is 5. The number of sulfone groups is 1. The summed E-state index contributed by atoms with van der Waals surface area (Å²) >= 11 is 6.12. The Kier molecular flexibility index (Phi) is 6.21. The van der Waals surface area contributed by atoms with E-state index in [0.717, 1.165) is 17.4 Å². The Morgan fingerprint density at radius 2 is 1.45 bits per heavy atom. The lowest BCUT2D eigenvalue weighted by molar-refractivity contribution is 0.597. The molecule has 6 rings (SSSR count). The minimum absolute atomic E-state index is 0.102. The van der Waals surface area contributed by atoms with Crippen LogP contribution >= 0.6 is 11.6 Å². The van der Waals surface area contributed by atoms with E-state index in [-0.39, 0.29) is 16.1 Å². The first-order chi connectivity index (χ1) is 19.2. The number of nitrogens with zero attached hydrogens (tertiary/aromatic N) is 5. The minimum atomic E-state index is -3.88. The van der Waals surface area contributed by atoms with E-state index >= 15 is 0 Å².